The number of nitrogens with zero attached hydrogens (tertiary/aromatic N) is 1. The fraction of sp³-hybridized carbons (Fsp3) is 0.400. The van der Waals surface area contributed by atoms with Crippen molar-refractivity contribution in [2.24, 2.45) is 11.1 Å². The fourth-order valence-electron chi connectivity index (χ4n) is 1.25. The molecule has 0 aromatic heterocycles. The van der Waals surface area contributed by atoms with Gasteiger partial charge in [0.1, 0.15) is 5.71 Å². The first-order valence-corrected chi connectivity index (χ1v) is 4.23. The van der Waals surface area contributed by atoms with Crippen molar-refractivity contribution in [2.45, 2.75) is 20.8 Å². The molecular formula is C10H13NO2. The van der Waals surface area contributed by atoms with Gasteiger partial charge in [-0.25, -0.2) is 0 Å². The minimum atomic E-state index is 0.0138. The summed E-state index contributed by atoms with van der Waals surface area (Å²) in [6.45, 7) is 5.63. The molecule has 0 bridgehead atoms. The van der Waals surface area contributed by atoms with Gasteiger partial charge in [-0.15, -0.1) is 0 Å². The van der Waals surface area contributed by atoms with E-state index in [1.807, 2.05) is 13.8 Å². The Balaban J connectivity index is 3.09. The van der Waals surface area contributed by atoms with E-state index in [4.69, 9.17) is 5.21 Å². The Morgan fingerprint density at radius 3 is 2.46 bits per heavy atom. The number of rotatable bonds is 1. The van der Waals surface area contributed by atoms with Crippen LogP contribution in [0.4, 0.5) is 0 Å². The number of hydrogen-bond acceptors (Lipinski definition) is 3. The molecule has 3 nitrogen and oxygen atoms in total. The predicted octanol–water partition coefficient (Wildman–Crippen LogP) is 1.93. The molecule has 0 amide bonds. The smallest absolute Gasteiger partial charge is 0.182 e. The van der Waals surface area contributed by atoms with Crippen LogP contribution in [0.15, 0.2) is 28.5 Å². The Morgan fingerprint density at radius 2 is 2.00 bits per heavy atom. The molecule has 0 fully saturated rings. The molecule has 1 N–H and O–H groups in total. The number of ketones is 1. The van der Waals surface area contributed by atoms with Crippen molar-refractivity contribution >= 4 is 11.5 Å². The van der Waals surface area contributed by atoms with Gasteiger partial charge in [0.15, 0.2) is 5.78 Å². The Hall–Kier alpha value is -1.38. The summed E-state index contributed by atoms with van der Waals surface area (Å²) in [4.78, 5) is 11.4. The second-order valence-corrected chi connectivity index (χ2v) is 3.43. The third-order valence-electron chi connectivity index (χ3n) is 2.06. The van der Waals surface area contributed by atoms with E-state index < -0.39 is 0 Å². The molecule has 0 aliphatic heterocycles. The average Bonchev–Trinajstić information content (AvgIpc) is 2.03. The van der Waals surface area contributed by atoms with Gasteiger partial charge >= 0.3 is 0 Å². The Morgan fingerprint density at radius 1 is 1.38 bits per heavy atom. The predicted molar refractivity (Wildman–Crippen MR) is 50.9 cm³/mol. The van der Waals surface area contributed by atoms with Crippen LogP contribution in [0.2, 0.25) is 0 Å². The first kappa shape index (κ1) is 9.71. The van der Waals surface area contributed by atoms with Crippen molar-refractivity contribution in [3.05, 3.63) is 23.3 Å². The molecule has 1 aliphatic carbocycles. The number of carbonyl (C=O) groups excluding carboxylic acids is 1. The van der Waals surface area contributed by atoms with Crippen LogP contribution in [0.1, 0.15) is 20.8 Å². The van der Waals surface area contributed by atoms with Crippen molar-refractivity contribution in [1.29, 1.82) is 0 Å². The quantitative estimate of drug-likeness (QED) is 0.380. The zero-order chi connectivity index (χ0) is 10.0. The summed E-state index contributed by atoms with van der Waals surface area (Å²) in [6.07, 6.45) is 3.15. The van der Waals surface area contributed by atoms with Crippen LogP contribution in [-0.4, -0.2) is 16.7 Å². The molecular weight excluding hydrogens is 166 g/mol. The van der Waals surface area contributed by atoms with E-state index in [1.54, 1.807) is 13.0 Å². The summed E-state index contributed by atoms with van der Waals surface area (Å²) < 4.78 is 0. The minimum Gasteiger partial charge on any atom is -0.410 e. The molecule has 0 saturated carbocycles. The third-order valence-corrected chi connectivity index (χ3v) is 2.06. The van der Waals surface area contributed by atoms with Gasteiger partial charge < -0.3 is 5.21 Å². The van der Waals surface area contributed by atoms with Gasteiger partial charge in [0.2, 0.25) is 0 Å². The lowest BCUT2D eigenvalue weighted by molar-refractivity contribution is -0.111. The van der Waals surface area contributed by atoms with Crippen LogP contribution in [0.3, 0.4) is 0 Å². The molecule has 3 heteroatoms. The molecule has 0 aromatic rings. The van der Waals surface area contributed by atoms with Crippen LogP contribution in [0, 0.1) is 5.92 Å². The molecule has 1 aliphatic rings. The summed E-state index contributed by atoms with van der Waals surface area (Å²) in [7, 11) is 0. The Kier molecular flexibility index (Phi) is 2.66. The van der Waals surface area contributed by atoms with E-state index in [2.05, 4.69) is 5.16 Å². The van der Waals surface area contributed by atoms with Gasteiger partial charge in [-0.3, -0.25) is 4.79 Å². The number of carbonyl (C=O) groups is 1. The van der Waals surface area contributed by atoms with Crippen LogP contribution >= 0.6 is 0 Å². The average molecular weight is 179 g/mol. The summed E-state index contributed by atoms with van der Waals surface area (Å²) in [5.74, 6) is 0.175. The fourth-order valence-corrected chi connectivity index (χ4v) is 1.25. The lowest BCUT2D eigenvalue weighted by atomic mass is 9.90. The van der Waals surface area contributed by atoms with E-state index in [1.165, 1.54) is 6.08 Å². The standard InChI is InChI=1S/C10H13NO2/c1-6(2)8-5-9(11-13)7(3)4-10(8)12/h4-6,13H,1-3H3/b11-9+. The SMILES string of the molecule is CC1=CC(=O)C(C(C)C)=C/C1=N\O. The molecule has 0 saturated heterocycles. The van der Waals surface area contributed by atoms with Crippen LogP contribution < -0.4 is 0 Å². The zero-order valence-electron chi connectivity index (χ0n) is 8.03. The Labute approximate surface area is 77.4 Å². The maximum atomic E-state index is 11.4. The normalized spacial score (nSPS) is 20.6. The maximum Gasteiger partial charge on any atom is 0.182 e. The highest BCUT2D eigenvalue weighted by Gasteiger charge is 2.18. The highest BCUT2D eigenvalue weighted by atomic mass is 16.4. The molecule has 0 radical (unpaired) electrons. The first-order valence-electron chi connectivity index (χ1n) is 4.23. The molecule has 70 valence electrons. The maximum absolute atomic E-state index is 11.4. The lowest BCUT2D eigenvalue weighted by Crippen LogP contribution is -2.15. The Bertz CT molecular complexity index is 322. The monoisotopic (exact) mass is 179 g/mol. The molecule has 0 spiro atoms. The van der Waals surface area contributed by atoms with Crippen molar-refractivity contribution in [2.75, 3.05) is 0 Å². The second-order valence-electron chi connectivity index (χ2n) is 3.43. The first-order chi connectivity index (χ1) is 6.06. The van der Waals surface area contributed by atoms with Gasteiger partial charge in [0.25, 0.3) is 0 Å². The van der Waals surface area contributed by atoms with Crippen LogP contribution in [0.25, 0.3) is 0 Å². The van der Waals surface area contributed by atoms with E-state index in [-0.39, 0.29) is 11.7 Å². The second kappa shape index (κ2) is 3.56. The molecule has 0 aromatic carbocycles. The highest BCUT2D eigenvalue weighted by molar-refractivity contribution is 6.21. The van der Waals surface area contributed by atoms with Crippen molar-refractivity contribution in [3.63, 3.8) is 0 Å². The van der Waals surface area contributed by atoms with Gasteiger partial charge in [-0.05, 0) is 30.6 Å². The molecule has 13 heavy (non-hydrogen) atoms. The molecule has 1 rings (SSSR count). The van der Waals surface area contributed by atoms with Crippen molar-refractivity contribution < 1.29 is 10.0 Å². The largest absolute Gasteiger partial charge is 0.410 e. The summed E-state index contributed by atoms with van der Waals surface area (Å²) in [5, 5.41) is 11.8. The van der Waals surface area contributed by atoms with Gasteiger partial charge in [-0.2, -0.15) is 0 Å². The summed E-state index contributed by atoms with van der Waals surface area (Å²) in [6, 6.07) is 0. The van der Waals surface area contributed by atoms with E-state index in [0.717, 1.165) is 0 Å². The van der Waals surface area contributed by atoms with Crippen molar-refractivity contribution in [3.8, 4) is 0 Å². The number of oxime groups is 1. The van der Waals surface area contributed by atoms with E-state index in [0.29, 0.717) is 16.9 Å². The molecule has 0 unspecified atom stereocenters. The third kappa shape index (κ3) is 1.86. The van der Waals surface area contributed by atoms with Gasteiger partial charge in [0.05, 0.1) is 0 Å². The molecule has 0 heterocycles. The highest BCUT2D eigenvalue weighted by Crippen LogP contribution is 2.18. The summed E-state index contributed by atoms with van der Waals surface area (Å²) in [5.41, 5.74) is 1.87. The number of allylic oxidation sites excluding steroid dienone is 4. The zero-order valence-corrected chi connectivity index (χ0v) is 8.03. The topological polar surface area (TPSA) is 49.7 Å². The minimum absolute atomic E-state index is 0.0138. The van der Waals surface area contributed by atoms with Gasteiger partial charge in [0, 0.05) is 5.57 Å². The van der Waals surface area contributed by atoms with E-state index >= 15 is 0 Å². The van der Waals surface area contributed by atoms with E-state index in [9.17, 15) is 4.79 Å². The van der Waals surface area contributed by atoms with Crippen LogP contribution in [-0.2, 0) is 4.79 Å². The number of hydrogen-bond donors (Lipinski definition) is 1. The van der Waals surface area contributed by atoms with Crippen LogP contribution in [0.5, 0.6) is 0 Å². The lowest BCUT2D eigenvalue weighted by Gasteiger charge is -2.13. The molecule has 0 atom stereocenters. The van der Waals surface area contributed by atoms with Crippen molar-refractivity contribution in [1.82, 2.24) is 0 Å². The van der Waals surface area contributed by atoms with Gasteiger partial charge in [-0.1, -0.05) is 19.0 Å². The summed E-state index contributed by atoms with van der Waals surface area (Å²) >= 11 is 0.